The molecule has 1 saturated heterocycles. The predicted octanol–water partition coefficient (Wildman–Crippen LogP) is 1.09. The number of benzene rings is 1. The minimum Gasteiger partial charge on any atom is -0.343 e. The van der Waals surface area contributed by atoms with Crippen molar-refractivity contribution < 1.29 is 14.0 Å². The monoisotopic (exact) mass is 264 g/mol. The van der Waals surface area contributed by atoms with Crippen molar-refractivity contribution >= 4 is 12.2 Å². The maximum atomic E-state index is 13.1. The Hall–Kier alpha value is -1.75. The molecule has 1 fully saturated rings. The van der Waals surface area contributed by atoms with Gasteiger partial charge < -0.3 is 4.90 Å². The number of carbonyl (C=O) groups is 2. The lowest BCUT2D eigenvalue weighted by atomic mass is 10.1. The topological polar surface area (TPSA) is 40.6 Å². The van der Waals surface area contributed by atoms with Crippen LogP contribution in [0.1, 0.15) is 15.9 Å². The second kappa shape index (κ2) is 5.93. The number of hydrogen-bond donors (Lipinski definition) is 0. The fraction of sp³-hybridized carbons (Fsp3) is 0.429. The van der Waals surface area contributed by atoms with Gasteiger partial charge in [-0.1, -0.05) is 0 Å². The van der Waals surface area contributed by atoms with Gasteiger partial charge >= 0.3 is 0 Å². The van der Waals surface area contributed by atoms with Gasteiger partial charge in [0.2, 0.25) is 6.41 Å². The van der Waals surface area contributed by atoms with Gasteiger partial charge in [-0.3, -0.25) is 14.5 Å². The molecular formula is C14H17FN2O2. The molecule has 5 heteroatoms. The van der Waals surface area contributed by atoms with E-state index in [1.54, 1.807) is 17.9 Å². The Morgan fingerprint density at radius 3 is 2.58 bits per heavy atom. The Kier molecular flexibility index (Phi) is 4.27. The molecule has 1 heterocycles. The predicted molar refractivity (Wildman–Crippen MR) is 69.5 cm³/mol. The Bertz CT molecular complexity index is 482. The molecule has 0 unspecified atom stereocenters. The zero-order chi connectivity index (χ0) is 13.8. The summed E-state index contributed by atoms with van der Waals surface area (Å²) in [6.45, 7) is 4.67. The normalized spacial score (nSPS) is 16.4. The minimum atomic E-state index is -0.295. The van der Waals surface area contributed by atoms with E-state index < -0.39 is 0 Å². The van der Waals surface area contributed by atoms with E-state index in [1.807, 2.05) is 4.90 Å². The average Bonchev–Trinajstić information content (AvgIpc) is 2.42. The van der Waals surface area contributed by atoms with Crippen molar-refractivity contribution in [3.05, 3.63) is 35.1 Å². The number of hydrogen-bond acceptors (Lipinski definition) is 3. The van der Waals surface area contributed by atoms with Crippen LogP contribution in [0.5, 0.6) is 0 Å². The average molecular weight is 264 g/mol. The zero-order valence-corrected chi connectivity index (χ0v) is 10.9. The van der Waals surface area contributed by atoms with E-state index in [4.69, 9.17) is 0 Å². The molecule has 0 radical (unpaired) electrons. The number of nitrogens with zero attached hydrogens (tertiary/aromatic N) is 2. The first-order valence-corrected chi connectivity index (χ1v) is 6.31. The van der Waals surface area contributed by atoms with Crippen molar-refractivity contribution in [2.24, 2.45) is 0 Å². The van der Waals surface area contributed by atoms with Crippen molar-refractivity contribution in [1.82, 2.24) is 9.80 Å². The molecule has 0 N–H and O–H groups in total. The molecular weight excluding hydrogens is 247 g/mol. The van der Waals surface area contributed by atoms with E-state index in [-0.39, 0.29) is 11.6 Å². The molecule has 0 bridgehead atoms. The Labute approximate surface area is 111 Å². The van der Waals surface area contributed by atoms with Crippen LogP contribution >= 0.6 is 0 Å². The van der Waals surface area contributed by atoms with Gasteiger partial charge in [0.1, 0.15) is 5.82 Å². The third-order valence-electron chi connectivity index (χ3n) is 3.40. The van der Waals surface area contributed by atoms with Crippen LogP contribution in [-0.4, -0.2) is 54.7 Å². The fourth-order valence-electron chi connectivity index (χ4n) is 2.14. The molecule has 0 saturated carbocycles. The molecule has 1 aliphatic rings. The Morgan fingerprint density at radius 2 is 2.00 bits per heavy atom. The molecule has 1 amide bonds. The Balaban J connectivity index is 1.94. The summed E-state index contributed by atoms with van der Waals surface area (Å²) in [4.78, 5) is 26.4. The molecule has 1 aromatic carbocycles. The molecule has 1 aliphatic heterocycles. The van der Waals surface area contributed by atoms with Crippen molar-refractivity contribution in [2.45, 2.75) is 6.92 Å². The highest BCUT2D eigenvalue weighted by molar-refractivity contribution is 5.97. The van der Waals surface area contributed by atoms with Crippen LogP contribution in [0, 0.1) is 12.7 Å². The quantitative estimate of drug-likeness (QED) is 0.604. The summed E-state index contributed by atoms with van der Waals surface area (Å²) in [5, 5.41) is 0. The van der Waals surface area contributed by atoms with Gasteiger partial charge in [-0.2, -0.15) is 0 Å². The van der Waals surface area contributed by atoms with E-state index >= 15 is 0 Å². The zero-order valence-electron chi connectivity index (χ0n) is 10.9. The van der Waals surface area contributed by atoms with E-state index in [1.165, 1.54) is 12.1 Å². The number of amides is 1. The molecule has 102 valence electrons. The SMILES string of the molecule is Cc1cc(C(=O)CN2CCN(C=O)CC2)ccc1F. The number of rotatable bonds is 4. The first-order valence-electron chi connectivity index (χ1n) is 6.31. The lowest BCUT2D eigenvalue weighted by Crippen LogP contribution is -2.47. The number of halogens is 1. The van der Waals surface area contributed by atoms with Gasteiger partial charge in [-0.15, -0.1) is 0 Å². The molecule has 0 aromatic heterocycles. The minimum absolute atomic E-state index is 0.0114. The number of aryl methyl sites for hydroxylation is 1. The Morgan fingerprint density at radius 1 is 1.32 bits per heavy atom. The molecule has 0 spiro atoms. The van der Waals surface area contributed by atoms with Crippen molar-refractivity contribution in [3.8, 4) is 0 Å². The summed E-state index contributed by atoms with van der Waals surface area (Å²) >= 11 is 0. The summed E-state index contributed by atoms with van der Waals surface area (Å²) < 4.78 is 13.1. The first-order chi connectivity index (χ1) is 9.10. The highest BCUT2D eigenvalue weighted by atomic mass is 19.1. The standard InChI is InChI=1S/C14H17FN2O2/c1-11-8-12(2-3-13(11)15)14(19)9-16-4-6-17(10-18)7-5-16/h2-3,8,10H,4-7,9H2,1H3. The van der Waals surface area contributed by atoms with E-state index in [0.717, 1.165) is 6.41 Å². The van der Waals surface area contributed by atoms with Crippen LogP contribution in [-0.2, 0) is 4.79 Å². The maximum absolute atomic E-state index is 13.1. The molecule has 0 aliphatic carbocycles. The fourth-order valence-corrected chi connectivity index (χ4v) is 2.14. The molecule has 1 aromatic rings. The number of piperazine rings is 1. The van der Waals surface area contributed by atoms with Gasteiger partial charge in [-0.25, -0.2) is 4.39 Å². The molecule has 0 atom stereocenters. The maximum Gasteiger partial charge on any atom is 0.209 e. The summed E-state index contributed by atoms with van der Waals surface area (Å²) in [5.74, 6) is -0.307. The number of Topliss-reactive ketones (excluding diaryl/α,β-unsaturated/α-hetero) is 1. The highest BCUT2D eigenvalue weighted by Gasteiger charge is 2.18. The van der Waals surface area contributed by atoms with Crippen LogP contribution in [0.15, 0.2) is 18.2 Å². The smallest absolute Gasteiger partial charge is 0.209 e. The third kappa shape index (κ3) is 3.38. The van der Waals surface area contributed by atoms with E-state index in [9.17, 15) is 14.0 Å². The van der Waals surface area contributed by atoms with E-state index in [0.29, 0.717) is 43.9 Å². The number of carbonyl (C=O) groups excluding carboxylic acids is 2. The summed E-state index contributed by atoms with van der Waals surface area (Å²) in [5.41, 5.74) is 1.02. The van der Waals surface area contributed by atoms with Gasteiger partial charge in [0.25, 0.3) is 0 Å². The van der Waals surface area contributed by atoms with Gasteiger partial charge in [0, 0.05) is 31.7 Å². The van der Waals surface area contributed by atoms with E-state index in [2.05, 4.69) is 0 Å². The van der Waals surface area contributed by atoms with Crippen LogP contribution < -0.4 is 0 Å². The lowest BCUT2D eigenvalue weighted by molar-refractivity contribution is -0.119. The molecule has 19 heavy (non-hydrogen) atoms. The third-order valence-corrected chi connectivity index (χ3v) is 3.40. The second-order valence-electron chi connectivity index (χ2n) is 4.80. The summed E-state index contributed by atoms with van der Waals surface area (Å²) in [6.07, 6.45) is 0.836. The van der Waals surface area contributed by atoms with Crippen LogP contribution in [0.25, 0.3) is 0 Å². The second-order valence-corrected chi connectivity index (χ2v) is 4.80. The van der Waals surface area contributed by atoms with Gasteiger partial charge in [-0.05, 0) is 30.7 Å². The molecule has 4 nitrogen and oxygen atoms in total. The van der Waals surface area contributed by atoms with Gasteiger partial charge in [0.05, 0.1) is 6.54 Å². The largest absolute Gasteiger partial charge is 0.343 e. The van der Waals surface area contributed by atoms with Crippen molar-refractivity contribution in [3.63, 3.8) is 0 Å². The molecule has 2 rings (SSSR count). The van der Waals surface area contributed by atoms with Crippen LogP contribution in [0.2, 0.25) is 0 Å². The first kappa shape index (κ1) is 13.7. The van der Waals surface area contributed by atoms with Crippen LogP contribution in [0.3, 0.4) is 0 Å². The number of ketones is 1. The lowest BCUT2D eigenvalue weighted by Gasteiger charge is -2.31. The van der Waals surface area contributed by atoms with Gasteiger partial charge in [0.15, 0.2) is 5.78 Å². The van der Waals surface area contributed by atoms with Crippen molar-refractivity contribution in [1.29, 1.82) is 0 Å². The van der Waals surface area contributed by atoms with Crippen LogP contribution in [0.4, 0.5) is 4.39 Å². The summed E-state index contributed by atoms with van der Waals surface area (Å²) in [7, 11) is 0. The van der Waals surface area contributed by atoms with Crippen molar-refractivity contribution in [2.75, 3.05) is 32.7 Å². The summed E-state index contributed by atoms with van der Waals surface area (Å²) in [6, 6.07) is 4.43. The highest BCUT2D eigenvalue weighted by Crippen LogP contribution is 2.11.